The van der Waals surface area contributed by atoms with Crippen LogP contribution in [0.5, 0.6) is 5.75 Å². The molecule has 32 heavy (non-hydrogen) atoms. The molecule has 6 nitrogen and oxygen atoms in total. The molecule has 2 aromatic carbocycles. The van der Waals surface area contributed by atoms with Gasteiger partial charge in [0.25, 0.3) is 5.43 Å². The molecule has 10 heteroatoms. The minimum absolute atomic E-state index is 0.0148. The van der Waals surface area contributed by atoms with Crippen molar-refractivity contribution < 1.29 is 37.2 Å². The molecule has 0 saturated heterocycles. The monoisotopic (exact) mass is 456 g/mol. The molecule has 0 saturated carbocycles. The van der Waals surface area contributed by atoms with Gasteiger partial charge in [0, 0.05) is 0 Å². The quantitative estimate of drug-likeness (QED) is 0.236. The molecule has 0 aliphatic heterocycles. The third kappa shape index (κ3) is 3.53. The highest BCUT2D eigenvalue weighted by atomic mass is 19.2. The number of halogens is 4. The van der Waals surface area contributed by atoms with Gasteiger partial charge in [-0.2, -0.15) is 0 Å². The molecule has 172 valence electrons. The third-order valence-corrected chi connectivity index (χ3v) is 5.02. The second-order valence-electron chi connectivity index (χ2n) is 7.17. The summed E-state index contributed by atoms with van der Waals surface area (Å²) in [5, 5.41) is 19.6. The van der Waals surface area contributed by atoms with Crippen molar-refractivity contribution in [1.82, 2.24) is 0 Å². The molecular formula is C22H20F4O6. The summed E-state index contributed by atoms with van der Waals surface area (Å²) in [6.07, 6.45) is 2.31. The van der Waals surface area contributed by atoms with Gasteiger partial charge in [-0.25, -0.2) is 17.6 Å². The zero-order chi connectivity index (χ0) is 23.7. The summed E-state index contributed by atoms with van der Waals surface area (Å²) in [5.41, 5.74) is -6.82. The molecule has 0 fully saturated rings. The Morgan fingerprint density at radius 2 is 1.19 bits per heavy atom. The van der Waals surface area contributed by atoms with E-state index in [1.807, 2.05) is 13.8 Å². The second-order valence-corrected chi connectivity index (χ2v) is 7.17. The van der Waals surface area contributed by atoms with Crippen LogP contribution in [0, 0.1) is 23.3 Å². The van der Waals surface area contributed by atoms with Crippen LogP contribution in [0.15, 0.2) is 26.9 Å². The Kier molecular flexibility index (Phi) is 6.61. The van der Waals surface area contributed by atoms with Crippen LogP contribution >= 0.6 is 0 Å². The molecule has 1 aliphatic rings. The Morgan fingerprint density at radius 1 is 0.688 bits per heavy atom. The molecule has 2 N–H and O–H groups in total. The van der Waals surface area contributed by atoms with Gasteiger partial charge < -0.3 is 19.7 Å². The molecule has 0 heterocycles. The van der Waals surface area contributed by atoms with Crippen molar-refractivity contribution in [2.24, 2.45) is 0 Å². The number of allylic oxidation sites excluding steroid dienone is 1. The van der Waals surface area contributed by atoms with Crippen LogP contribution in [0.2, 0.25) is 0 Å². The third-order valence-electron chi connectivity index (χ3n) is 5.02. The molecule has 3 rings (SSSR count). The summed E-state index contributed by atoms with van der Waals surface area (Å²) >= 11 is 0. The van der Waals surface area contributed by atoms with E-state index in [0.29, 0.717) is 25.7 Å². The maximum atomic E-state index is 14.9. The Labute approximate surface area is 179 Å². The Hall–Kier alpha value is -3.30. The Morgan fingerprint density at radius 3 is 1.72 bits per heavy atom. The van der Waals surface area contributed by atoms with Gasteiger partial charge in [0.2, 0.25) is 11.2 Å². The van der Waals surface area contributed by atoms with Crippen molar-refractivity contribution in [3.63, 3.8) is 0 Å². The van der Waals surface area contributed by atoms with E-state index < -0.39 is 79.4 Å². The van der Waals surface area contributed by atoms with Gasteiger partial charge in [0.15, 0.2) is 40.5 Å². The summed E-state index contributed by atoms with van der Waals surface area (Å²) in [6.45, 7) is 3.62. The first kappa shape index (κ1) is 23.4. The minimum atomic E-state index is -1.95. The highest BCUT2D eigenvalue weighted by Crippen LogP contribution is 2.45. The molecule has 0 atom stereocenters. The van der Waals surface area contributed by atoms with Crippen LogP contribution in [0.1, 0.15) is 45.1 Å². The number of aliphatic hydroxyl groups is 2. The Balaban J connectivity index is 2.13. The van der Waals surface area contributed by atoms with Crippen molar-refractivity contribution in [3.05, 3.63) is 66.6 Å². The van der Waals surface area contributed by atoms with Crippen molar-refractivity contribution in [2.75, 3.05) is 13.2 Å². The van der Waals surface area contributed by atoms with Crippen LogP contribution in [0.4, 0.5) is 17.6 Å². The fourth-order valence-corrected chi connectivity index (χ4v) is 3.21. The van der Waals surface area contributed by atoms with E-state index in [-0.39, 0.29) is 13.2 Å². The number of rotatable bonds is 10. The normalized spacial score (nSPS) is 13.7. The topological polar surface area (TPSA) is 93.1 Å². The van der Waals surface area contributed by atoms with E-state index in [2.05, 4.69) is 0 Å². The first-order valence-corrected chi connectivity index (χ1v) is 10.0. The van der Waals surface area contributed by atoms with Crippen LogP contribution in [-0.2, 0) is 4.74 Å². The fraction of sp³-hybridized carbons (Fsp3) is 0.364. The summed E-state index contributed by atoms with van der Waals surface area (Å²) in [6, 6.07) is 0. The zero-order valence-corrected chi connectivity index (χ0v) is 17.3. The Bertz CT molecular complexity index is 1180. The van der Waals surface area contributed by atoms with Gasteiger partial charge in [0.1, 0.15) is 0 Å². The SMILES string of the molecule is CCCCOC1=C(c2c(F)c(F)c(-c3c(OCCCC)c(=O)c3=O)c(F)c2F)C(O)=C1O. The average molecular weight is 456 g/mol. The molecule has 0 aromatic heterocycles. The van der Waals surface area contributed by atoms with E-state index in [4.69, 9.17) is 9.47 Å². The standard InChI is InChI=1S/C22H20F4O6/c1-3-5-7-31-21-11(17(27)19(21)29)9-13(23)15(25)10(16(26)14(9)24)12-18(28)20(30)22(12)32-8-6-4-2/h27,29H,3-8H2,1-2H3. The molecule has 0 unspecified atom stereocenters. The second kappa shape index (κ2) is 9.05. The summed E-state index contributed by atoms with van der Waals surface area (Å²) in [5.74, 6) is -10.8. The maximum Gasteiger partial charge on any atom is 0.268 e. The van der Waals surface area contributed by atoms with Crippen molar-refractivity contribution in [2.45, 2.75) is 39.5 Å². The number of benzene rings is 1. The van der Waals surface area contributed by atoms with Gasteiger partial charge in [-0.1, -0.05) is 26.7 Å². The van der Waals surface area contributed by atoms with Crippen molar-refractivity contribution in [1.29, 1.82) is 0 Å². The van der Waals surface area contributed by atoms with E-state index >= 15 is 0 Å². The first-order chi connectivity index (χ1) is 15.2. The lowest BCUT2D eigenvalue weighted by Gasteiger charge is -2.25. The highest BCUT2D eigenvalue weighted by Gasteiger charge is 2.40. The summed E-state index contributed by atoms with van der Waals surface area (Å²) < 4.78 is 69.7. The average Bonchev–Trinajstić information content (AvgIpc) is 2.79. The largest absolute Gasteiger partial charge is 0.504 e. The number of aliphatic hydroxyl groups excluding tert-OH is 2. The molecule has 0 amide bonds. The molecular weight excluding hydrogens is 436 g/mol. The van der Waals surface area contributed by atoms with Gasteiger partial charge in [-0.05, 0) is 12.8 Å². The smallest absolute Gasteiger partial charge is 0.268 e. The zero-order valence-electron chi connectivity index (χ0n) is 17.3. The first-order valence-electron chi connectivity index (χ1n) is 10.0. The van der Waals surface area contributed by atoms with E-state index in [0.717, 1.165) is 0 Å². The van der Waals surface area contributed by atoms with Gasteiger partial charge in [-0.3, -0.25) is 9.59 Å². The van der Waals surface area contributed by atoms with Crippen LogP contribution in [0.3, 0.4) is 0 Å². The number of unbranched alkanes of at least 4 members (excludes halogenated alkanes) is 2. The minimum Gasteiger partial charge on any atom is -0.504 e. The van der Waals surface area contributed by atoms with Gasteiger partial charge in [-0.15, -0.1) is 0 Å². The molecule has 0 spiro atoms. The van der Waals surface area contributed by atoms with Gasteiger partial charge in [0.05, 0.1) is 35.5 Å². The molecule has 0 bridgehead atoms. The number of hydrogen-bond donors (Lipinski definition) is 2. The van der Waals surface area contributed by atoms with E-state index in [1.54, 1.807) is 0 Å². The van der Waals surface area contributed by atoms with Crippen LogP contribution in [-0.4, -0.2) is 23.4 Å². The van der Waals surface area contributed by atoms with E-state index in [1.165, 1.54) is 0 Å². The summed E-state index contributed by atoms with van der Waals surface area (Å²) in [7, 11) is 0. The predicted octanol–water partition coefficient (Wildman–Crippen LogP) is 4.55. The van der Waals surface area contributed by atoms with Crippen LogP contribution < -0.4 is 15.6 Å². The van der Waals surface area contributed by atoms with Gasteiger partial charge >= 0.3 is 0 Å². The lowest BCUT2D eigenvalue weighted by molar-refractivity contribution is 0.173. The molecule has 1 aliphatic carbocycles. The van der Waals surface area contributed by atoms with E-state index in [9.17, 15) is 37.4 Å². The lowest BCUT2D eigenvalue weighted by Crippen LogP contribution is -2.35. The fourth-order valence-electron chi connectivity index (χ4n) is 3.21. The molecule has 0 radical (unpaired) electrons. The van der Waals surface area contributed by atoms with Crippen molar-refractivity contribution >= 4 is 5.57 Å². The summed E-state index contributed by atoms with van der Waals surface area (Å²) in [4.78, 5) is 23.7. The number of ether oxygens (including phenoxy) is 2. The molecule has 2 aromatic rings. The predicted molar refractivity (Wildman–Crippen MR) is 107 cm³/mol. The maximum absolute atomic E-state index is 14.9. The van der Waals surface area contributed by atoms with Crippen LogP contribution in [0.25, 0.3) is 16.7 Å². The van der Waals surface area contributed by atoms with Crippen molar-refractivity contribution in [3.8, 4) is 16.9 Å². The highest BCUT2D eigenvalue weighted by molar-refractivity contribution is 5.90. The number of hydrogen-bond acceptors (Lipinski definition) is 6. The lowest BCUT2D eigenvalue weighted by atomic mass is 9.89.